The minimum Gasteiger partial charge on any atom is -0.481 e. The molecule has 1 heterocycles. The minimum atomic E-state index is -0.820. The summed E-state index contributed by atoms with van der Waals surface area (Å²) in [5.41, 5.74) is -0.543. The van der Waals surface area contributed by atoms with Gasteiger partial charge < -0.3 is 14.7 Å². The molecule has 0 saturated carbocycles. The van der Waals surface area contributed by atoms with Gasteiger partial charge in [0.15, 0.2) is 0 Å². The zero-order chi connectivity index (χ0) is 13.9. The first-order valence-corrected chi connectivity index (χ1v) is 6.45. The summed E-state index contributed by atoms with van der Waals surface area (Å²) in [5, 5.41) is 9.16. The van der Waals surface area contributed by atoms with Crippen molar-refractivity contribution in [2.45, 2.75) is 46.1 Å². The zero-order valence-corrected chi connectivity index (χ0v) is 11.6. The quantitative estimate of drug-likeness (QED) is 0.842. The van der Waals surface area contributed by atoms with E-state index in [1.807, 2.05) is 6.92 Å². The Morgan fingerprint density at radius 1 is 1.33 bits per heavy atom. The molecule has 0 aliphatic carbocycles. The highest BCUT2D eigenvalue weighted by atomic mass is 16.6. The summed E-state index contributed by atoms with van der Waals surface area (Å²) >= 11 is 0. The molecule has 1 rings (SSSR count). The summed E-state index contributed by atoms with van der Waals surface area (Å²) in [4.78, 5) is 24.6. The molecule has 2 atom stereocenters. The molecule has 5 heteroatoms. The lowest BCUT2D eigenvalue weighted by atomic mass is 9.92. The second kappa shape index (κ2) is 5.59. The van der Waals surface area contributed by atoms with E-state index in [0.29, 0.717) is 6.54 Å². The Kier molecular flexibility index (Phi) is 4.59. The van der Waals surface area contributed by atoms with Crippen LogP contribution < -0.4 is 0 Å². The van der Waals surface area contributed by atoms with Crippen molar-refractivity contribution < 1.29 is 19.4 Å². The fourth-order valence-corrected chi connectivity index (χ4v) is 2.29. The Balaban J connectivity index is 2.65. The second-order valence-corrected chi connectivity index (χ2v) is 5.88. The average Bonchev–Trinajstić information content (AvgIpc) is 2.59. The Hall–Kier alpha value is -1.26. The number of carbonyl (C=O) groups excluding carboxylic acids is 1. The van der Waals surface area contributed by atoms with Crippen molar-refractivity contribution in [1.29, 1.82) is 0 Å². The lowest BCUT2D eigenvalue weighted by molar-refractivity contribution is -0.142. The van der Waals surface area contributed by atoms with Crippen molar-refractivity contribution in [3.63, 3.8) is 0 Å². The van der Waals surface area contributed by atoms with E-state index in [4.69, 9.17) is 9.84 Å². The van der Waals surface area contributed by atoms with E-state index in [1.54, 1.807) is 20.8 Å². The van der Waals surface area contributed by atoms with E-state index in [-0.39, 0.29) is 12.5 Å². The number of hydrogen-bond acceptors (Lipinski definition) is 3. The lowest BCUT2D eigenvalue weighted by Crippen LogP contribution is -2.35. The first kappa shape index (κ1) is 14.8. The predicted molar refractivity (Wildman–Crippen MR) is 67.3 cm³/mol. The molecule has 18 heavy (non-hydrogen) atoms. The molecule has 104 valence electrons. The molecule has 0 spiro atoms. The number of hydrogen-bond donors (Lipinski definition) is 1. The molecule has 1 amide bonds. The molecule has 1 aliphatic rings. The summed E-state index contributed by atoms with van der Waals surface area (Å²) in [7, 11) is 0. The van der Waals surface area contributed by atoms with E-state index < -0.39 is 23.6 Å². The second-order valence-electron chi connectivity index (χ2n) is 5.88. The van der Waals surface area contributed by atoms with Gasteiger partial charge in [-0.2, -0.15) is 0 Å². The van der Waals surface area contributed by atoms with Gasteiger partial charge in [0.25, 0.3) is 0 Å². The number of amides is 1. The van der Waals surface area contributed by atoms with Crippen LogP contribution in [-0.2, 0) is 9.53 Å². The normalized spacial score (nSPS) is 24.1. The average molecular weight is 257 g/mol. The SMILES string of the molecule is CCC[C@H]1CN(C(=O)OC(C)(C)C)C[C@@H]1C(=O)O. The smallest absolute Gasteiger partial charge is 0.410 e. The topological polar surface area (TPSA) is 66.8 Å². The van der Waals surface area contributed by atoms with Crippen LogP contribution in [0.25, 0.3) is 0 Å². The van der Waals surface area contributed by atoms with Crippen molar-refractivity contribution in [2.75, 3.05) is 13.1 Å². The number of carboxylic acids is 1. The van der Waals surface area contributed by atoms with Gasteiger partial charge in [0, 0.05) is 13.1 Å². The van der Waals surface area contributed by atoms with Crippen LogP contribution in [0.5, 0.6) is 0 Å². The first-order valence-electron chi connectivity index (χ1n) is 6.45. The van der Waals surface area contributed by atoms with E-state index in [0.717, 1.165) is 12.8 Å². The van der Waals surface area contributed by atoms with E-state index in [9.17, 15) is 9.59 Å². The fourth-order valence-electron chi connectivity index (χ4n) is 2.29. The summed E-state index contributed by atoms with van der Waals surface area (Å²) in [5.74, 6) is -1.24. The van der Waals surface area contributed by atoms with Crippen LogP contribution in [0.1, 0.15) is 40.5 Å². The fraction of sp³-hybridized carbons (Fsp3) is 0.846. The Morgan fingerprint density at radius 2 is 1.94 bits per heavy atom. The molecule has 0 aromatic heterocycles. The largest absolute Gasteiger partial charge is 0.481 e. The van der Waals surface area contributed by atoms with Crippen LogP contribution in [0.15, 0.2) is 0 Å². The zero-order valence-electron chi connectivity index (χ0n) is 11.6. The monoisotopic (exact) mass is 257 g/mol. The molecular formula is C13H23NO4. The summed E-state index contributed by atoms with van der Waals surface area (Å²) in [6, 6.07) is 0. The molecule has 1 fully saturated rings. The number of likely N-dealkylation sites (tertiary alicyclic amines) is 1. The summed E-state index contributed by atoms with van der Waals surface area (Å²) < 4.78 is 5.27. The number of carbonyl (C=O) groups is 2. The van der Waals surface area contributed by atoms with Gasteiger partial charge in [0.2, 0.25) is 0 Å². The lowest BCUT2D eigenvalue weighted by Gasteiger charge is -2.24. The molecule has 0 aromatic carbocycles. The molecule has 1 aliphatic heterocycles. The molecular weight excluding hydrogens is 234 g/mol. The Bertz CT molecular complexity index is 321. The third kappa shape index (κ3) is 3.89. The standard InChI is InChI=1S/C13H23NO4/c1-5-6-9-7-14(8-10(9)11(15)16)12(17)18-13(2,3)4/h9-10H,5-8H2,1-4H3,(H,15,16)/t9-,10-/m0/s1. The van der Waals surface area contributed by atoms with Gasteiger partial charge in [-0.15, -0.1) is 0 Å². The van der Waals surface area contributed by atoms with E-state index in [2.05, 4.69) is 0 Å². The number of rotatable bonds is 3. The van der Waals surface area contributed by atoms with Crippen LogP contribution in [0.4, 0.5) is 4.79 Å². The van der Waals surface area contributed by atoms with Gasteiger partial charge in [0.05, 0.1) is 5.92 Å². The minimum absolute atomic E-state index is 0.0417. The van der Waals surface area contributed by atoms with Crippen molar-refractivity contribution in [1.82, 2.24) is 4.90 Å². The van der Waals surface area contributed by atoms with Crippen molar-refractivity contribution in [3.05, 3.63) is 0 Å². The van der Waals surface area contributed by atoms with Crippen molar-refractivity contribution in [2.24, 2.45) is 11.8 Å². The van der Waals surface area contributed by atoms with E-state index in [1.165, 1.54) is 4.90 Å². The predicted octanol–water partition coefficient (Wildman–Crippen LogP) is 2.35. The molecule has 0 aromatic rings. The van der Waals surface area contributed by atoms with Gasteiger partial charge in [-0.3, -0.25) is 4.79 Å². The number of nitrogens with zero attached hydrogens (tertiary/aromatic N) is 1. The van der Waals surface area contributed by atoms with Gasteiger partial charge in [0.1, 0.15) is 5.60 Å². The maximum absolute atomic E-state index is 11.9. The van der Waals surface area contributed by atoms with Gasteiger partial charge >= 0.3 is 12.1 Å². The summed E-state index contributed by atoms with van der Waals surface area (Å²) in [6.07, 6.45) is 1.35. The van der Waals surface area contributed by atoms with Gasteiger partial charge in [-0.05, 0) is 33.1 Å². The molecule has 5 nitrogen and oxygen atoms in total. The molecule has 1 N–H and O–H groups in total. The molecule has 1 saturated heterocycles. The third-order valence-electron chi connectivity index (χ3n) is 3.07. The van der Waals surface area contributed by atoms with Crippen LogP contribution in [-0.4, -0.2) is 40.8 Å². The number of carboxylic acid groups (broad SMARTS) is 1. The van der Waals surface area contributed by atoms with E-state index >= 15 is 0 Å². The highest BCUT2D eigenvalue weighted by molar-refractivity contribution is 5.74. The Labute approximate surface area is 108 Å². The van der Waals surface area contributed by atoms with Crippen LogP contribution in [0.2, 0.25) is 0 Å². The summed E-state index contributed by atoms with van der Waals surface area (Å²) in [6.45, 7) is 8.18. The van der Waals surface area contributed by atoms with Crippen LogP contribution in [0.3, 0.4) is 0 Å². The van der Waals surface area contributed by atoms with Crippen molar-refractivity contribution >= 4 is 12.1 Å². The Morgan fingerprint density at radius 3 is 2.39 bits per heavy atom. The van der Waals surface area contributed by atoms with Crippen molar-refractivity contribution in [3.8, 4) is 0 Å². The number of aliphatic carboxylic acids is 1. The number of ether oxygens (including phenoxy) is 1. The highest BCUT2D eigenvalue weighted by Crippen LogP contribution is 2.28. The van der Waals surface area contributed by atoms with Crippen LogP contribution >= 0.6 is 0 Å². The molecule has 0 unspecified atom stereocenters. The maximum atomic E-state index is 11.9. The van der Waals surface area contributed by atoms with Gasteiger partial charge in [-0.1, -0.05) is 13.3 Å². The van der Waals surface area contributed by atoms with Crippen LogP contribution in [0, 0.1) is 11.8 Å². The molecule has 0 radical (unpaired) electrons. The maximum Gasteiger partial charge on any atom is 0.410 e. The molecule has 0 bridgehead atoms. The highest BCUT2D eigenvalue weighted by Gasteiger charge is 2.40. The first-order chi connectivity index (χ1) is 8.24. The third-order valence-corrected chi connectivity index (χ3v) is 3.07. The van der Waals surface area contributed by atoms with Gasteiger partial charge in [-0.25, -0.2) is 4.79 Å².